The van der Waals surface area contributed by atoms with Crippen molar-refractivity contribution in [2.45, 2.75) is 39.7 Å². The summed E-state index contributed by atoms with van der Waals surface area (Å²) < 4.78 is 5.68. The summed E-state index contributed by atoms with van der Waals surface area (Å²) in [7, 11) is 0. The minimum Gasteiger partial charge on any atom is -0.376 e. The molecule has 0 aliphatic carbocycles. The largest absolute Gasteiger partial charge is 0.376 e. The van der Waals surface area contributed by atoms with Crippen molar-refractivity contribution >= 4 is 28.3 Å². The van der Waals surface area contributed by atoms with Crippen molar-refractivity contribution < 1.29 is 14.3 Å². The van der Waals surface area contributed by atoms with Gasteiger partial charge in [-0.15, -0.1) is 11.3 Å². The van der Waals surface area contributed by atoms with E-state index in [4.69, 9.17) is 4.74 Å². The van der Waals surface area contributed by atoms with Gasteiger partial charge in [-0.1, -0.05) is 18.2 Å². The maximum atomic E-state index is 13.1. The third-order valence-electron chi connectivity index (χ3n) is 4.72. The second-order valence-electron chi connectivity index (χ2n) is 6.84. The highest BCUT2D eigenvalue weighted by atomic mass is 32.1. The first-order valence-electron chi connectivity index (χ1n) is 9.14. The summed E-state index contributed by atoms with van der Waals surface area (Å²) in [5.41, 5.74) is 2.41. The average Bonchev–Trinajstić information content (AvgIpc) is 3.24. The number of aromatic nitrogens is 1. The zero-order valence-corrected chi connectivity index (χ0v) is 16.8. The van der Waals surface area contributed by atoms with Crippen molar-refractivity contribution in [3.8, 4) is 0 Å². The lowest BCUT2D eigenvalue weighted by Crippen LogP contribution is -2.42. The van der Waals surface area contributed by atoms with Gasteiger partial charge in [0.25, 0.3) is 5.91 Å². The molecule has 3 rings (SSSR count). The number of aryl methyl sites for hydroxylation is 3. The molecule has 0 saturated carbocycles. The van der Waals surface area contributed by atoms with Crippen LogP contribution >= 0.6 is 11.3 Å². The summed E-state index contributed by atoms with van der Waals surface area (Å²) in [6, 6.07) is 7.44. The number of hydrogen-bond donors (Lipinski definition) is 1. The van der Waals surface area contributed by atoms with Gasteiger partial charge in [-0.2, -0.15) is 0 Å². The molecule has 1 unspecified atom stereocenters. The van der Waals surface area contributed by atoms with E-state index in [2.05, 4.69) is 10.3 Å². The molecule has 7 heteroatoms. The number of carbonyl (C=O) groups excluding carboxylic acids is 2. The number of ether oxygens (including phenoxy) is 1. The van der Waals surface area contributed by atoms with Crippen molar-refractivity contribution in [3.05, 3.63) is 46.0 Å². The van der Waals surface area contributed by atoms with Crippen LogP contribution in [0.2, 0.25) is 0 Å². The average molecular weight is 388 g/mol. The highest BCUT2D eigenvalue weighted by Gasteiger charge is 2.26. The third-order valence-corrected chi connectivity index (χ3v) is 5.71. The number of hydrogen-bond acceptors (Lipinski definition) is 5. The monoisotopic (exact) mass is 387 g/mol. The summed E-state index contributed by atoms with van der Waals surface area (Å²) in [6.07, 6.45) is 1.88. The number of amides is 2. The zero-order chi connectivity index (χ0) is 19.4. The van der Waals surface area contributed by atoms with E-state index >= 15 is 0 Å². The van der Waals surface area contributed by atoms with E-state index < -0.39 is 0 Å². The molecule has 144 valence electrons. The molecule has 1 atom stereocenters. The molecule has 0 bridgehead atoms. The second-order valence-corrected chi connectivity index (χ2v) is 8.05. The van der Waals surface area contributed by atoms with E-state index in [-0.39, 0.29) is 24.5 Å². The highest BCUT2D eigenvalue weighted by Crippen LogP contribution is 2.21. The number of nitrogens with zero attached hydrogens (tertiary/aromatic N) is 2. The molecule has 1 saturated heterocycles. The molecule has 1 fully saturated rings. The predicted octanol–water partition coefficient (Wildman–Crippen LogP) is 3.33. The maximum absolute atomic E-state index is 13.1. The van der Waals surface area contributed by atoms with E-state index in [1.54, 1.807) is 11.0 Å². The fourth-order valence-corrected chi connectivity index (χ4v) is 3.93. The summed E-state index contributed by atoms with van der Waals surface area (Å²) >= 11 is 1.44. The minimum absolute atomic E-state index is 0.0184. The van der Waals surface area contributed by atoms with Gasteiger partial charge >= 0.3 is 0 Å². The van der Waals surface area contributed by atoms with Gasteiger partial charge in [0.1, 0.15) is 6.54 Å². The van der Waals surface area contributed by atoms with Crippen LogP contribution in [-0.2, 0) is 9.53 Å². The fraction of sp³-hybridized carbons (Fsp3) is 0.450. The Morgan fingerprint density at radius 2 is 2.07 bits per heavy atom. The first-order chi connectivity index (χ1) is 12.9. The molecule has 1 aromatic heterocycles. The lowest BCUT2D eigenvalue weighted by atomic mass is 10.1. The molecule has 0 spiro atoms. The number of rotatable bonds is 6. The molecule has 2 heterocycles. The van der Waals surface area contributed by atoms with Gasteiger partial charge in [0.15, 0.2) is 5.13 Å². The lowest BCUT2D eigenvalue weighted by Gasteiger charge is -2.25. The van der Waals surface area contributed by atoms with Gasteiger partial charge in [-0.3, -0.25) is 9.59 Å². The third kappa shape index (κ3) is 4.93. The van der Waals surface area contributed by atoms with Crippen LogP contribution in [0.3, 0.4) is 0 Å². The normalized spacial score (nSPS) is 16.3. The quantitative estimate of drug-likeness (QED) is 0.825. The van der Waals surface area contributed by atoms with Crippen LogP contribution in [-0.4, -0.2) is 47.5 Å². The Morgan fingerprint density at radius 1 is 1.30 bits per heavy atom. The van der Waals surface area contributed by atoms with Crippen LogP contribution in [0.5, 0.6) is 0 Å². The number of nitrogens with one attached hydrogen (secondary N) is 1. The fourth-order valence-electron chi connectivity index (χ4n) is 3.09. The summed E-state index contributed by atoms with van der Waals surface area (Å²) in [5, 5.41) is 3.38. The standard InChI is InChI=1S/C20H25N3O3S/c1-13-7-4-5-9-17(13)19(25)23(11-16-8-6-10-26-16)12-18(24)22-20-21-14(2)15(3)27-20/h4-5,7,9,16H,6,8,10-12H2,1-3H3,(H,21,22,24). The molecule has 1 N–H and O–H groups in total. The summed E-state index contributed by atoms with van der Waals surface area (Å²) in [4.78, 5) is 32.6. The van der Waals surface area contributed by atoms with Crippen LogP contribution in [0.1, 0.15) is 39.3 Å². The first-order valence-corrected chi connectivity index (χ1v) is 9.96. The number of thiazole rings is 1. The Bertz CT molecular complexity index is 808. The SMILES string of the molecule is Cc1ccccc1C(=O)N(CC(=O)Nc1nc(C)c(C)s1)CC1CCCO1. The second kappa shape index (κ2) is 8.63. The Labute approximate surface area is 163 Å². The van der Waals surface area contributed by atoms with E-state index in [0.29, 0.717) is 23.8 Å². The van der Waals surface area contributed by atoms with Crippen LogP contribution < -0.4 is 5.32 Å². The van der Waals surface area contributed by atoms with Crippen molar-refractivity contribution in [3.63, 3.8) is 0 Å². The van der Waals surface area contributed by atoms with Gasteiger partial charge < -0.3 is 15.0 Å². The van der Waals surface area contributed by atoms with E-state index in [9.17, 15) is 9.59 Å². The Morgan fingerprint density at radius 3 is 2.70 bits per heavy atom. The molecule has 27 heavy (non-hydrogen) atoms. The van der Waals surface area contributed by atoms with Gasteiger partial charge in [-0.25, -0.2) is 4.98 Å². The van der Waals surface area contributed by atoms with Crippen molar-refractivity contribution in [2.75, 3.05) is 25.0 Å². The molecule has 1 aliphatic rings. The molecular weight excluding hydrogens is 362 g/mol. The minimum atomic E-state index is -0.247. The van der Waals surface area contributed by atoms with Crippen LogP contribution in [0.15, 0.2) is 24.3 Å². The van der Waals surface area contributed by atoms with Crippen molar-refractivity contribution in [2.24, 2.45) is 0 Å². The molecule has 2 amide bonds. The number of carbonyl (C=O) groups is 2. The van der Waals surface area contributed by atoms with Gasteiger partial charge in [0.2, 0.25) is 5.91 Å². The molecule has 1 aliphatic heterocycles. The van der Waals surface area contributed by atoms with E-state index in [1.807, 2.05) is 39.0 Å². The van der Waals surface area contributed by atoms with Crippen molar-refractivity contribution in [1.82, 2.24) is 9.88 Å². The van der Waals surface area contributed by atoms with Gasteiger partial charge in [-0.05, 0) is 45.2 Å². The molecular formula is C20H25N3O3S. The Hall–Kier alpha value is -2.25. The number of anilines is 1. The topological polar surface area (TPSA) is 71.5 Å². The molecule has 6 nitrogen and oxygen atoms in total. The van der Waals surface area contributed by atoms with Crippen LogP contribution in [0.25, 0.3) is 0 Å². The molecule has 0 radical (unpaired) electrons. The maximum Gasteiger partial charge on any atom is 0.254 e. The zero-order valence-electron chi connectivity index (χ0n) is 15.9. The lowest BCUT2D eigenvalue weighted by molar-refractivity contribution is -0.117. The molecule has 2 aromatic rings. The molecule has 1 aromatic carbocycles. The number of benzene rings is 1. The van der Waals surface area contributed by atoms with E-state index in [1.165, 1.54) is 11.3 Å². The summed E-state index contributed by atoms with van der Waals surface area (Å²) in [5.74, 6) is -0.395. The van der Waals surface area contributed by atoms with Crippen LogP contribution in [0.4, 0.5) is 5.13 Å². The first kappa shape index (κ1) is 19.5. The van der Waals surface area contributed by atoms with Gasteiger partial charge in [0.05, 0.1) is 11.8 Å². The van der Waals surface area contributed by atoms with Crippen LogP contribution in [0, 0.1) is 20.8 Å². The van der Waals surface area contributed by atoms with Crippen molar-refractivity contribution in [1.29, 1.82) is 0 Å². The highest BCUT2D eigenvalue weighted by molar-refractivity contribution is 7.15. The smallest absolute Gasteiger partial charge is 0.254 e. The predicted molar refractivity (Wildman–Crippen MR) is 106 cm³/mol. The summed E-state index contributed by atoms with van der Waals surface area (Å²) in [6.45, 7) is 6.88. The Kier molecular flexibility index (Phi) is 6.23. The Balaban J connectivity index is 1.73. The van der Waals surface area contributed by atoms with Gasteiger partial charge in [0, 0.05) is 23.6 Å². The van der Waals surface area contributed by atoms with E-state index in [0.717, 1.165) is 29.0 Å².